The number of carbonyl (C=O) groups excluding carboxylic acids is 1. The summed E-state index contributed by atoms with van der Waals surface area (Å²) in [6.07, 6.45) is 2.18. The van der Waals surface area contributed by atoms with Gasteiger partial charge in [0.25, 0.3) is 0 Å². The van der Waals surface area contributed by atoms with Crippen molar-refractivity contribution >= 4 is 28.1 Å². The van der Waals surface area contributed by atoms with E-state index in [9.17, 15) is 4.79 Å². The Kier molecular flexibility index (Phi) is 2.72. The first-order chi connectivity index (χ1) is 8.74. The lowest BCUT2D eigenvalue weighted by Gasteiger charge is -2.02. The molecule has 4 heteroatoms. The molecule has 0 saturated carbocycles. The van der Waals surface area contributed by atoms with Crippen LogP contribution in [-0.4, -0.2) is 15.5 Å². The third-order valence-electron chi connectivity index (χ3n) is 2.87. The number of para-hydroxylation sites is 1. The fourth-order valence-corrected chi connectivity index (χ4v) is 2.64. The van der Waals surface area contributed by atoms with Gasteiger partial charge in [-0.15, -0.1) is 11.3 Å². The maximum absolute atomic E-state index is 12.2. The maximum Gasteiger partial charge on any atom is 0.237 e. The van der Waals surface area contributed by atoms with Crippen molar-refractivity contribution in [3.63, 3.8) is 0 Å². The summed E-state index contributed by atoms with van der Waals surface area (Å²) in [6, 6.07) is 9.84. The number of nitrogens with zero attached hydrogens (tertiary/aromatic N) is 2. The molecule has 0 saturated heterocycles. The Morgan fingerprint density at radius 1 is 1.33 bits per heavy atom. The molecule has 0 fully saturated rings. The highest BCUT2D eigenvalue weighted by Gasteiger charge is 2.10. The zero-order chi connectivity index (χ0) is 12.5. The average Bonchev–Trinajstić information content (AvgIpc) is 2.95. The Labute approximate surface area is 109 Å². The molecule has 0 atom stereocenters. The molecule has 0 amide bonds. The second-order valence-corrected chi connectivity index (χ2v) is 5.24. The van der Waals surface area contributed by atoms with Crippen molar-refractivity contribution in [1.82, 2.24) is 9.55 Å². The monoisotopic (exact) mass is 256 g/mol. The highest BCUT2D eigenvalue weighted by atomic mass is 32.1. The average molecular weight is 256 g/mol. The summed E-state index contributed by atoms with van der Waals surface area (Å²) in [4.78, 5) is 16.6. The van der Waals surface area contributed by atoms with Gasteiger partial charge in [0, 0.05) is 17.0 Å². The van der Waals surface area contributed by atoms with E-state index in [1.165, 1.54) is 0 Å². The van der Waals surface area contributed by atoms with Gasteiger partial charge in [-0.2, -0.15) is 0 Å². The third-order valence-corrected chi connectivity index (χ3v) is 3.69. The second kappa shape index (κ2) is 4.38. The predicted molar refractivity (Wildman–Crippen MR) is 73.1 cm³/mol. The molecule has 2 aromatic heterocycles. The van der Waals surface area contributed by atoms with Gasteiger partial charge in [-0.1, -0.05) is 18.2 Å². The van der Waals surface area contributed by atoms with E-state index in [1.807, 2.05) is 48.8 Å². The number of hydrogen-bond acceptors (Lipinski definition) is 3. The van der Waals surface area contributed by atoms with E-state index < -0.39 is 0 Å². The Hall–Kier alpha value is -1.94. The Bertz CT molecular complexity index is 711. The van der Waals surface area contributed by atoms with E-state index in [1.54, 1.807) is 15.9 Å². The fourth-order valence-electron chi connectivity index (χ4n) is 2.03. The molecular weight excluding hydrogens is 244 g/mol. The summed E-state index contributed by atoms with van der Waals surface area (Å²) >= 11 is 1.57. The molecule has 0 radical (unpaired) electrons. The normalized spacial score (nSPS) is 10.9. The van der Waals surface area contributed by atoms with Gasteiger partial charge in [-0.25, -0.2) is 4.98 Å². The van der Waals surface area contributed by atoms with E-state index in [-0.39, 0.29) is 5.91 Å². The van der Waals surface area contributed by atoms with Crippen LogP contribution in [0, 0.1) is 6.92 Å². The Morgan fingerprint density at radius 2 is 2.17 bits per heavy atom. The fraction of sp³-hybridized carbons (Fsp3) is 0.143. The van der Waals surface area contributed by atoms with Crippen molar-refractivity contribution in [2.75, 3.05) is 0 Å². The molecule has 2 heterocycles. The van der Waals surface area contributed by atoms with E-state index in [0.717, 1.165) is 21.6 Å². The molecule has 0 aliphatic rings. The summed E-state index contributed by atoms with van der Waals surface area (Å²) in [5.41, 5.74) is 1.80. The maximum atomic E-state index is 12.2. The summed E-state index contributed by atoms with van der Waals surface area (Å²) in [5.74, 6) is 0.0569. The van der Waals surface area contributed by atoms with Crippen LogP contribution >= 0.6 is 11.3 Å². The third kappa shape index (κ3) is 1.95. The van der Waals surface area contributed by atoms with Crippen molar-refractivity contribution in [2.45, 2.75) is 13.3 Å². The molecule has 3 aromatic rings. The molecule has 90 valence electrons. The Balaban J connectivity index is 1.92. The number of aryl methyl sites for hydroxylation is 1. The van der Waals surface area contributed by atoms with Crippen molar-refractivity contribution in [2.24, 2.45) is 0 Å². The molecule has 0 N–H and O–H groups in total. The lowest BCUT2D eigenvalue weighted by Crippen LogP contribution is -2.12. The van der Waals surface area contributed by atoms with Crippen LogP contribution in [-0.2, 0) is 6.42 Å². The second-order valence-electron chi connectivity index (χ2n) is 4.17. The first kappa shape index (κ1) is 11.2. The molecule has 0 bridgehead atoms. The van der Waals surface area contributed by atoms with Gasteiger partial charge in [0.2, 0.25) is 5.91 Å². The number of fused-ring (bicyclic) bond motifs is 1. The minimum absolute atomic E-state index is 0.0569. The van der Waals surface area contributed by atoms with Gasteiger partial charge in [0.15, 0.2) is 0 Å². The number of aromatic nitrogens is 2. The lowest BCUT2D eigenvalue weighted by molar-refractivity contribution is 0.0918. The SMILES string of the molecule is Cc1nc(CC(=O)n2ccc3ccccc32)cs1. The summed E-state index contributed by atoms with van der Waals surface area (Å²) in [5, 5.41) is 4.02. The van der Waals surface area contributed by atoms with Crippen LogP contribution in [0.25, 0.3) is 10.9 Å². The minimum Gasteiger partial charge on any atom is -0.287 e. The van der Waals surface area contributed by atoms with Gasteiger partial charge < -0.3 is 0 Å². The summed E-state index contributed by atoms with van der Waals surface area (Å²) < 4.78 is 1.70. The topological polar surface area (TPSA) is 34.9 Å². The van der Waals surface area contributed by atoms with Crippen LogP contribution < -0.4 is 0 Å². The van der Waals surface area contributed by atoms with Crippen molar-refractivity contribution in [1.29, 1.82) is 0 Å². The molecule has 0 spiro atoms. The van der Waals surface area contributed by atoms with Crippen LogP contribution in [0.4, 0.5) is 0 Å². The molecule has 0 aliphatic heterocycles. The molecule has 3 nitrogen and oxygen atoms in total. The largest absolute Gasteiger partial charge is 0.287 e. The van der Waals surface area contributed by atoms with E-state index in [2.05, 4.69) is 4.98 Å². The minimum atomic E-state index is 0.0569. The van der Waals surface area contributed by atoms with Gasteiger partial charge >= 0.3 is 0 Å². The summed E-state index contributed by atoms with van der Waals surface area (Å²) in [7, 11) is 0. The number of benzene rings is 1. The number of hydrogen-bond donors (Lipinski definition) is 0. The number of rotatable bonds is 2. The van der Waals surface area contributed by atoms with Crippen LogP contribution in [0.1, 0.15) is 15.5 Å². The van der Waals surface area contributed by atoms with Crippen LogP contribution in [0.15, 0.2) is 41.9 Å². The smallest absolute Gasteiger partial charge is 0.237 e. The zero-order valence-corrected chi connectivity index (χ0v) is 10.8. The van der Waals surface area contributed by atoms with Gasteiger partial charge in [0.05, 0.1) is 22.6 Å². The lowest BCUT2D eigenvalue weighted by atomic mass is 10.2. The highest BCUT2D eigenvalue weighted by molar-refractivity contribution is 7.09. The van der Waals surface area contributed by atoms with Crippen molar-refractivity contribution < 1.29 is 4.79 Å². The highest BCUT2D eigenvalue weighted by Crippen LogP contribution is 2.16. The van der Waals surface area contributed by atoms with Gasteiger partial charge in [-0.3, -0.25) is 9.36 Å². The Morgan fingerprint density at radius 3 is 2.94 bits per heavy atom. The van der Waals surface area contributed by atoms with E-state index in [0.29, 0.717) is 6.42 Å². The first-order valence-corrected chi connectivity index (χ1v) is 6.62. The van der Waals surface area contributed by atoms with Crippen molar-refractivity contribution in [3.05, 3.63) is 52.6 Å². The number of thiazole rings is 1. The van der Waals surface area contributed by atoms with Crippen molar-refractivity contribution in [3.8, 4) is 0 Å². The zero-order valence-electron chi connectivity index (χ0n) is 9.96. The molecule has 0 aliphatic carbocycles. The molecule has 0 unspecified atom stereocenters. The van der Waals surface area contributed by atoms with Crippen LogP contribution in [0.5, 0.6) is 0 Å². The number of carbonyl (C=O) groups is 1. The van der Waals surface area contributed by atoms with E-state index in [4.69, 9.17) is 0 Å². The molecule has 18 heavy (non-hydrogen) atoms. The predicted octanol–water partition coefficient (Wildman–Crippen LogP) is 3.29. The quantitative estimate of drug-likeness (QED) is 0.705. The van der Waals surface area contributed by atoms with Crippen LogP contribution in [0.3, 0.4) is 0 Å². The first-order valence-electron chi connectivity index (χ1n) is 5.74. The van der Waals surface area contributed by atoms with E-state index >= 15 is 0 Å². The van der Waals surface area contributed by atoms with Gasteiger partial charge in [-0.05, 0) is 19.1 Å². The van der Waals surface area contributed by atoms with Crippen LogP contribution in [0.2, 0.25) is 0 Å². The molecule has 3 rings (SSSR count). The van der Waals surface area contributed by atoms with Gasteiger partial charge in [0.1, 0.15) is 0 Å². The molecule has 1 aromatic carbocycles. The standard InChI is InChI=1S/C14H12N2OS/c1-10-15-12(9-18-10)8-14(17)16-7-6-11-4-2-3-5-13(11)16/h2-7,9H,8H2,1H3. The summed E-state index contributed by atoms with van der Waals surface area (Å²) in [6.45, 7) is 1.95. The molecular formula is C14H12N2OS.